The van der Waals surface area contributed by atoms with Gasteiger partial charge in [-0.05, 0) is 37.5 Å². The molecule has 2 heteroatoms. The van der Waals surface area contributed by atoms with Gasteiger partial charge in [0.25, 0.3) is 0 Å². The standard InChI is InChI=1S/C13H16F2/c1-10(14)13(8-2-3-9-13)11-4-6-12(15)7-5-11/h4-7,10H,2-3,8-9H2,1H3. The van der Waals surface area contributed by atoms with E-state index in [1.54, 1.807) is 19.1 Å². The summed E-state index contributed by atoms with van der Waals surface area (Å²) in [4.78, 5) is 0. The van der Waals surface area contributed by atoms with E-state index in [4.69, 9.17) is 0 Å². The highest BCUT2D eigenvalue weighted by Gasteiger charge is 2.40. The van der Waals surface area contributed by atoms with Gasteiger partial charge in [-0.3, -0.25) is 0 Å². The van der Waals surface area contributed by atoms with Gasteiger partial charge in [-0.15, -0.1) is 0 Å². The molecule has 1 aliphatic carbocycles. The van der Waals surface area contributed by atoms with Gasteiger partial charge in [0.1, 0.15) is 12.0 Å². The summed E-state index contributed by atoms with van der Waals surface area (Å²) in [5.41, 5.74) is 0.602. The maximum absolute atomic E-state index is 13.8. The van der Waals surface area contributed by atoms with Crippen molar-refractivity contribution in [2.24, 2.45) is 0 Å². The van der Waals surface area contributed by atoms with Crippen LogP contribution in [0.4, 0.5) is 8.78 Å². The summed E-state index contributed by atoms with van der Waals surface area (Å²) in [7, 11) is 0. The Kier molecular flexibility index (Phi) is 2.76. The molecule has 1 atom stereocenters. The van der Waals surface area contributed by atoms with Crippen LogP contribution >= 0.6 is 0 Å². The van der Waals surface area contributed by atoms with E-state index < -0.39 is 6.17 Å². The molecule has 0 heterocycles. The Morgan fingerprint density at radius 2 is 1.67 bits per heavy atom. The number of benzene rings is 1. The molecule has 1 saturated carbocycles. The third kappa shape index (κ3) is 1.77. The zero-order valence-corrected chi connectivity index (χ0v) is 8.97. The lowest BCUT2D eigenvalue weighted by atomic mass is 9.75. The fourth-order valence-corrected chi connectivity index (χ4v) is 2.70. The van der Waals surface area contributed by atoms with Crippen molar-refractivity contribution in [3.8, 4) is 0 Å². The van der Waals surface area contributed by atoms with E-state index in [-0.39, 0.29) is 11.2 Å². The SMILES string of the molecule is CC(F)C1(c2ccc(F)cc2)CCCC1. The summed E-state index contributed by atoms with van der Waals surface area (Å²) < 4.78 is 26.6. The van der Waals surface area contributed by atoms with Crippen LogP contribution in [0.1, 0.15) is 38.2 Å². The van der Waals surface area contributed by atoms with Crippen molar-refractivity contribution in [3.05, 3.63) is 35.6 Å². The third-order valence-electron chi connectivity index (χ3n) is 3.68. The van der Waals surface area contributed by atoms with Crippen LogP contribution in [0.15, 0.2) is 24.3 Å². The van der Waals surface area contributed by atoms with Crippen molar-refractivity contribution in [3.63, 3.8) is 0 Å². The minimum absolute atomic E-state index is 0.251. The zero-order chi connectivity index (χ0) is 10.9. The highest BCUT2D eigenvalue weighted by molar-refractivity contribution is 5.28. The van der Waals surface area contributed by atoms with Gasteiger partial charge in [-0.25, -0.2) is 8.78 Å². The summed E-state index contributed by atoms with van der Waals surface area (Å²) in [5, 5.41) is 0. The van der Waals surface area contributed by atoms with Crippen molar-refractivity contribution in [2.45, 2.75) is 44.2 Å². The number of hydrogen-bond acceptors (Lipinski definition) is 0. The van der Waals surface area contributed by atoms with Crippen molar-refractivity contribution in [1.29, 1.82) is 0 Å². The van der Waals surface area contributed by atoms with Gasteiger partial charge in [0.05, 0.1) is 0 Å². The molecule has 0 saturated heterocycles. The molecule has 0 spiro atoms. The van der Waals surface area contributed by atoms with E-state index in [2.05, 4.69) is 0 Å². The van der Waals surface area contributed by atoms with Crippen LogP contribution in [0.25, 0.3) is 0 Å². The lowest BCUT2D eigenvalue weighted by Gasteiger charge is -2.31. The molecule has 0 radical (unpaired) electrons. The predicted octanol–water partition coefficient (Wildman–Crippen LogP) is 4.00. The quantitative estimate of drug-likeness (QED) is 0.692. The molecule has 1 aromatic carbocycles. The number of rotatable bonds is 2. The number of hydrogen-bond donors (Lipinski definition) is 0. The van der Waals surface area contributed by atoms with Crippen LogP contribution in [-0.4, -0.2) is 6.17 Å². The normalized spacial score (nSPS) is 21.5. The second kappa shape index (κ2) is 3.92. The minimum atomic E-state index is -0.856. The van der Waals surface area contributed by atoms with Gasteiger partial charge in [-0.1, -0.05) is 25.0 Å². The Hall–Kier alpha value is -0.920. The highest BCUT2D eigenvalue weighted by atomic mass is 19.1. The summed E-state index contributed by atoms with van der Waals surface area (Å²) in [6.07, 6.45) is 3.06. The van der Waals surface area contributed by atoms with Gasteiger partial charge in [0.2, 0.25) is 0 Å². The summed E-state index contributed by atoms with van der Waals surface area (Å²) in [5.74, 6) is -0.251. The largest absolute Gasteiger partial charge is 0.247 e. The average Bonchev–Trinajstić information content (AvgIpc) is 2.69. The predicted molar refractivity (Wildman–Crippen MR) is 57.1 cm³/mol. The van der Waals surface area contributed by atoms with Crippen molar-refractivity contribution >= 4 is 0 Å². The first-order valence-electron chi connectivity index (χ1n) is 5.55. The summed E-state index contributed by atoms with van der Waals surface area (Å²) in [6.45, 7) is 1.62. The average molecular weight is 210 g/mol. The Bertz CT molecular complexity index is 321. The maximum Gasteiger partial charge on any atom is 0.123 e. The molecule has 0 amide bonds. The van der Waals surface area contributed by atoms with Crippen molar-refractivity contribution in [1.82, 2.24) is 0 Å². The fourth-order valence-electron chi connectivity index (χ4n) is 2.70. The maximum atomic E-state index is 13.8. The van der Waals surface area contributed by atoms with E-state index in [0.717, 1.165) is 31.2 Å². The van der Waals surface area contributed by atoms with Gasteiger partial charge in [0.15, 0.2) is 0 Å². The molecule has 1 unspecified atom stereocenters. The Morgan fingerprint density at radius 3 is 2.13 bits per heavy atom. The molecule has 0 aliphatic heterocycles. The van der Waals surface area contributed by atoms with Gasteiger partial charge >= 0.3 is 0 Å². The molecule has 1 aliphatic rings. The molecule has 0 nitrogen and oxygen atoms in total. The zero-order valence-electron chi connectivity index (χ0n) is 8.97. The van der Waals surface area contributed by atoms with Crippen LogP contribution in [0.3, 0.4) is 0 Å². The molecule has 15 heavy (non-hydrogen) atoms. The first kappa shape index (κ1) is 10.6. The molecule has 82 valence electrons. The first-order valence-corrected chi connectivity index (χ1v) is 5.55. The topological polar surface area (TPSA) is 0 Å². The van der Waals surface area contributed by atoms with Crippen molar-refractivity contribution < 1.29 is 8.78 Å². The van der Waals surface area contributed by atoms with Crippen LogP contribution < -0.4 is 0 Å². The lowest BCUT2D eigenvalue weighted by molar-refractivity contribution is 0.206. The monoisotopic (exact) mass is 210 g/mol. The Balaban J connectivity index is 2.36. The number of halogens is 2. The van der Waals surface area contributed by atoms with Crippen LogP contribution in [-0.2, 0) is 5.41 Å². The van der Waals surface area contributed by atoms with Gasteiger partial charge in [0, 0.05) is 5.41 Å². The van der Waals surface area contributed by atoms with Crippen LogP contribution in [0, 0.1) is 5.82 Å². The van der Waals surface area contributed by atoms with E-state index in [1.165, 1.54) is 12.1 Å². The molecule has 0 N–H and O–H groups in total. The van der Waals surface area contributed by atoms with Crippen LogP contribution in [0.5, 0.6) is 0 Å². The second-order valence-electron chi connectivity index (χ2n) is 4.49. The molecule has 2 rings (SSSR count). The third-order valence-corrected chi connectivity index (χ3v) is 3.68. The Labute approximate surface area is 89.3 Å². The van der Waals surface area contributed by atoms with Crippen molar-refractivity contribution in [2.75, 3.05) is 0 Å². The fraction of sp³-hybridized carbons (Fsp3) is 0.538. The van der Waals surface area contributed by atoms with Crippen LogP contribution in [0.2, 0.25) is 0 Å². The highest BCUT2D eigenvalue weighted by Crippen LogP contribution is 2.44. The van der Waals surface area contributed by atoms with E-state index >= 15 is 0 Å². The van der Waals surface area contributed by atoms with E-state index in [1.807, 2.05) is 0 Å². The summed E-state index contributed by atoms with van der Waals surface area (Å²) >= 11 is 0. The summed E-state index contributed by atoms with van der Waals surface area (Å²) in [6, 6.07) is 6.32. The van der Waals surface area contributed by atoms with Gasteiger partial charge in [-0.2, -0.15) is 0 Å². The van der Waals surface area contributed by atoms with E-state index in [9.17, 15) is 8.78 Å². The minimum Gasteiger partial charge on any atom is -0.247 e. The molecule has 1 fully saturated rings. The molecule has 0 bridgehead atoms. The smallest absolute Gasteiger partial charge is 0.123 e. The van der Waals surface area contributed by atoms with Gasteiger partial charge < -0.3 is 0 Å². The van der Waals surface area contributed by atoms with E-state index in [0.29, 0.717) is 0 Å². The number of alkyl halides is 1. The molecular formula is C13H16F2. The molecule has 0 aromatic heterocycles. The Morgan fingerprint density at radius 1 is 1.13 bits per heavy atom. The first-order chi connectivity index (χ1) is 7.15. The molecule has 1 aromatic rings. The second-order valence-corrected chi connectivity index (χ2v) is 4.49. The molecular weight excluding hydrogens is 194 g/mol. The lowest BCUT2D eigenvalue weighted by Crippen LogP contribution is -2.31.